The first-order chi connectivity index (χ1) is 17.6. The molecule has 6 rings (SSSR count). The number of ether oxygens (including phenoxy) is 2. The van der Waals surface area contributed by atoms with E-state index in [4.69, 9.17) is 14.5 Å². The Bertz CT molecular complexity index is 1470. The fourth-order valence-electron chi connectivity index (χ4n) is 5.06. The van der Waals surface area contributed by atoms with E-state index in [0.717, 1.165) is 45.1 Å². The minimum absolute atomic E-state index is 0.581. The summed E-state index contributed by atoms with van der Waals surface area (Å²) in [5.74, 6) is 2.16. The number of aliphatic carboxylic acids is 1. The average Bonchev–Trinajstić information content (AvgIpc) is 3.23. The average molecular weight is 483 g/mol. The summed E-state index contributed by atoms with van der Waals surface area (Å²) in [5, 5.41) is 11.1. The van der Waals surface area contributed by atoms with E-state index in [-0.39, 0.29) is 0 Å². The van der Waals surface area contributed by atoms with Gasteiger partial charge in [0, 0.05) is 48.8 Å². The lowest BCUT2D eigenvalue weighted by molar-refractivity contribution is -0.144. The van der Waals surface area contributed by atoms with Gasteiger partial charge in [0.1, 0.15) is 29.1 Å². The topological polar surface area (TPSA) is 90.4 Å². The van der Waals surface area contributed by atoms with Crippen LogP contribution in [0.1, 0.15) is 17.2 Å². The van der Waals surface area contributed by atoms with Crippen molar-refractivity contribution in [2.24, 2.45) is 4.99 Å². The monoisotopic (exact) mass is 482 g/mol. The molecule has 3 heterocycles. The predicted octanol–water partition coefficient (Wildman–Crippen LogP) is 4.80. The lowest BCUT2D eigenvalue weighted by atomic mass is 10.0. The molecule has 2 aliphatic heterocycles. The summed E-state index contributed by atoms with van der Waals surface area (Å²) in [6, 6.07) is 20.6. The molecule has 1 fully saturated rings. The number of hydrogen-bond donors (Lipinski definition) is 2. The number of hydrogen-bond acceptors (Lipinski definition) is 6. The van der Waals surface area contributed by atoms with Crippen LogP contribution in [0.25, 0.3) is 10.9 Å². The zero-order valence-corrected chi connectivity index (χ0v) is 19.8. The van der Waals surface area contributed by atoms with Gasteiger partial charge in [0.25, 0.3) is 0 Å². The third-order valence-corrected chi connectivity index (χ3v) is 6.87. The molecular formula is C28H26N4O4. The highest BCUT2D eigenvalue weighted by Gasteiger charge is 2.34. The van der Waals surface area contributed by atoms with Gasteiger partial charge in [-0.1, -0.05) is 24.3 Å². The Morgan fingerprint density at radius 2 is 1.78 bits per heavy atom. The number of para-hydroxylation sites is 3. The Balaban J connectivity index is 1.29. The van der Waals surface area contributed by atoms with E-state index in [1.807, 2.05) is 71.6 Å². The zero-order chi connectivity index (χ0) is 24.6. The van der Waals surface area contributed by atoms with Crippen LogP contribution < -0.4 is 9.47 Å². The summed E-state index contributed by atoms with van der Waals surface area (Å²) in [6.45, 7) is 2.45. The molecule has 1 atom stereocenters. The molecule has 0 unspecified atom stereocenters. The van der Waals surface area contributed by atoms with E-state index in [1.54, 1.807) is 13.3 Å². The van der Waals surface area contributed by atoms with E-state index < -0.39 is 12.0 Å². The number of aromatic nitrogens is 1. The predicted molar refractivity (Wildman–Crippen MR) is 138 cm³/mol. The van der Waals surface area contributed by atoms with Crippen LogP contribution in [0.4, 0.5) is 5.69 Å². The maximum atomic E-state index is 12.5. The van der Waals surface area contributed by atoms with Crippen molar-refractivity contribution in [2.45, 2.75) is 6.04 Å². The van der Waals surface area contributed by atoms with Crippen LogP contribution >= 0.6 is 0 Å². The van der Waals surface area contributed by atoms with Gasteiger partial charge in [0.2, 0.25) is 0 Å². The van der Waals surface area contributed by atoms with E-state index in [1.165, 1.54) is 0 Å². The molecule has 0 bridgehead atoms. The highest BCUT2D eigenvalue weighted by atomic mass is 16.5. The Labute approximate surface area is 208 Å². The number of piperazine rings is 1. The Hall–Kier alpha value is -4.30. The van der Waals surface area contributed by atoms with E-state index in [0.29, 0.717) is 31.9 Å². The van der Waals surface area contributed by atoms with E-state index in [2.05, 4.69) is 9.88 Å². The number of benzene rings is 3. The molecule has 0 amide bonds. The summed E-state index contributed by atoms with van der Waals surface area (Å²) >= 11 is 0. The Morgan fingerprint density at radius 3 is 2.56 bits per heavy atom. The molecule has 0 saturated carbocycles. The van der Waals surface area contributed by atoms with Crippen molar-refractivity contribution in [1.82, 2.24) is 14.8 Å². The number of carboxylic acid groups (broad SMARTS) is 1. The SMILES string of the molecule is COc1ccc2[nH]cc([C@H](C(=O)O)N3CCN(C4=Nc5ccccc5Oc5ccccc54)CC3)c2c1. The number of carboxylic acids is 1. The van der Waals surface area contributed by atoms with Gasteiger partial charge in [0.05, 0.1) is 12.7 Å². The van der Waals surface area contributed by atoms with Crippen LogP contribution in [-0.2, 0) is 4.79 Å². The number of fused-ring (bicyclic) bond motifs is 3. The normalized spacial score (nSPS) is 16.4. The van der Waals surface area contributed by atoms with Gasteiger partial charge in [0.15, 0.2) is 5.75 Å². The number of aliphatic imine (C=N–C) groups is 1. The standard InChI is InChI=1S/C28H26N4O4/c1-35-18-10-11-22-20(16-18)21(17-29-22)26(28(33)34)31-12-14-32(15-13-31)27-19-6-2-4-8-24(19)36-25-9-5-3-7-23(25)30-27/h2-11,16-17,26,29H,12-15H2,1H3,(H,33,34)/t26-/m1/s1. The quantitative estimate of drug-likeness (QED) is 0.434. The number of aromatic amines is 1. The molecule has 4 aromatic rings. The van der Waals surface area contributed by atoms with Crippen LogP contribution in [0, 0.1) is 0 Å². The first-order valence-electron chi connectivity index (χ1n) is 11.9. The molecule has 0 spiro atoms. The minimum Gasteiger partial charge on any atom is -0.497 e. The first-order valence-corrected chi connectivity index (χ1v) is 11.9. The van der Waals surface area contributed by atoms with Crippen molar-refractivity contribution >= 4 is 28.4 Å². The highest BCUT2D eigenvalue weighted by Crippen LogP contribution is 2.38. The number of nitrogens with zero attached hydrogens (tertiary/aromatic N) is 3. The fourth-order valence-corrected chi connectivity index (χ4v) is 5.06. The van der Waals surface area contributed by atoms with Crippen molar-refractivity contribution in [3.8, 4) is 17.2 Å². The van der Waals surface area contributed by atoms with E-state index in [9.17, 15) is 9.90 Å². The molecule has 2 aliphatic rings. The maximum Gasteiger partial charge on any atom is 0.325 e. The smallest absolute Gasteiger partial charge is 0.325 e. The Kier molecular flexibility index (Phi) is 5.58. The fraction of sp³-hybridized carbons (Fsp3) is 0.214. The summed E-state index contributed by atoms with van der Waals surface area (Å²) in [4.78, 5) is 24.9. The molecule has 8 nitrogen and oxygen atoms in total. The first kappa shape index (κ1) is 22.2. The van der Waals surface area contributed by atoms with Crippen molar-refractivity contribution in [2.75, 3.05) is 33.3 Å². The van der Waals surface area contributed by atoms with Gasteiger partial charge in [-0.25, -0.2) is 4.99 Å². The van der Waals surface area contributed by atoms with E-state index >= 15 is 0 Å². The molecule has 36 heavy (non-hydrogen) atoms. The van der Waals surface area contributed by atoms with Crippen LogP contribution in [-0.4, -0.2) is 65.0 Å². The minimum atomic E-state index is -0.869. The second kappa shape index (κ2) is 9.05. The van der Waals surface area contributed by atoms with Crippen molar-refractivity contribution in [1.29, 1.82) is 0 Å². The summed E-state index contributed by atoms with van der Waals surface area (Å²) in [7, 11) is 1.61. The molecule has 0 aliphatic carbocycles. The second-order valence-corrected chi connectivity index (χ2v) is 8.92. The largest absolute Gasteiger partial charge is 0.497 e. The number of methoxy groups -OCH3 is 1. The molecular weight excluding hydrogens is 456 g/mol. The third kappa shape index (κ3) is 3.85. The number of nitrogens with one attached hydrogen (secondary N) is 1. The van der Waals surface area contributed by atoms with Crippen molar-refractivity contribution in [3.05, 3.63) is 84.1 Å². The lowest BCUT2D eigenvalue weighted by Crippen LogP contribution is -2.51. The summed E-state index contributed by atoms with van der Waals surface area (Å²) < 4.78 is 11.6. The van der Waals surface area contributed by atoms with Crippen LogP contribution in [0.3, 0.4) is 0 Å². The summed E-state index contributed by atoms with van der Waals surface area (Å²) in [5.41, 5.74) is 3.34. The zero-order valence-electron chi connectivity index (χ0n) is 19.8. The van der Waals surface area contributed by atoms with Gasteiger partial charge in [-0.15, -0.1) is 0 Å². The van der Waals surface area contributed by atoms with Crippen LogP contribution in [0.5, 0.6) is 17.2 Å². The van der Waals surface area contributed by atoms with Gasteiger partial charge in [-0.2, -0.15) is 0 Å². The Morgan fingerprint density at radius 1 is 1.03 bits per heavy atom. The molecule has 2 N–H and O–H groups in total. The third-order valence-electron chi connectivity index (χ3n) is 6.87. The van der Waals surface area contributed by atoms with Crippen molar-refractivity contribution in [3.63, 3.8) is 0 Å². The van der Waals surface area contributed by atoms with Gasteiger partial charge >= 0.3 is 5.97 Å². The highest BCUT2D eigenvalue weighted by molar-refractivity contribution is 6.03. The van der Waals surface area contributed by atoms with Gasteiger partial charge in [-0.05, 0) is 42.5 Å². The van der Waals surface area contributed by atoms with Crippen LogP contribution in [0.2, 0.25) is 0 Å². The maximum absolute atomic E-state index is 12.5. The van der Waals surface area contributed by atoms with Gasteiger partial charge in [-0.3, -0.25) is 9.69 Å². The van der Waals surface area contributed by atoms with Crippen molar-refractivity contribution < 1.29 is 19.4 Å². The molecule has 182 valence electrons. The molecule has 1 aromatic heterocycles. The van der Waals surface area contributed by atoms with Gasteiger partial charge < -0.3 is 24.5 Å². The number of rotatable bonds is 4. The summed E-state index contributed by atoms with van der Waals surface area (Å²) in [6.07, 6.45) is 1.80. The molecule has 8 heteroatoms. The number of amidine groups is 1. The molecule has 1 saturated heterocycles. The lowest BCUT2D eigenvalue weighted by Gasteiger charge is -2.39. The second-order valence-electron chi connectivity index (χ2n) is 8.92. The molecule has 0 radical (unpaired) electrons. The number of carbonyl (C=O) groups is 1. The number of H-pyrrole nitrogens is 1. The van der Waals surface area contributed by atoms with Crippen LogP contribution in [0.15, 0.2) is 77.9 Å². The molecule has 3 aromatic carbocycles.